The number of benzene rings is 3. The van der Waals surface area contributed by atoms with E-state index in [4.69, 9.17) is 20.8 Å². The van der Waals surface area contributed by atoms with E-state index in [9.17, 15) is 9.59 Å². The van der Waals surface area contributed by atoms with Gasteiger partial charge in [-0.2, -0.15) is 0 Å². The highest BCUT2D eigenvalue weighted by Crippen LogP contribution is 2.25. The molecule has 178 valence electrons. The lowest BCUT2D eigenvalue weighted by molar-refractivity contribution is -0.137. The minimum Gasteiger partial charge on any atom is -0.494 e. The van der Waals surface area contributed by atoms with E-state index in [0.29, 0.717) is 36.0 Å². The maximum atomic E-state index is 12.5. The number of nitrogens with zero attached hydrogens (tertiary/aromatic N) is 1. The fourth-order valence-electron chi connectivity index (χ4n) is 3.28. The molecule has 0 radical (unpaired) electrons. The molecule has 0 amide bonds. The summed E-state index contributed by atoms with van der Waals surface area (Å²) >= 11 is 0. The van der Waals surface area contributed by atoms with Crippen LogP contribution in [-0.2, 0) is 9.53 Å². The fourth-order valence-corrected chi connectivity index (χ4v) is 3.28. The second-order valence-electron chi connectivity index (χ2n) is 7.73. The van der Waals surface area contributed by atoms with Crippen molar-refractivity contribution in [1.82, 2.24) is 0 Å². The standard InChI is InChI=1S/C29H27NO5/c1-3-28(31)34-21-7-5-4-6-20-33-26-16-12-24(13-17-26)29(32)35-27-18-10-23(11-19-27)22-8-14-25(30-2)15-9-22/h3,8-19H,1,4-7,20-21H2. The molecule has 0 saturated carbocycles. The number of ether oxygens (including phenoxy) is 3. The van der Waals surface area contributed by atoms with Crippen LogP contribution in [0.15, 0.2) is 85.5 Å². The van der Waals surface area contributed by atoms with Crippen LogP contribution in [-0.4, -0.2) is 25.2 Å². The van der Waals surface area contributed by atoms with Gasteiger partial charge in [0.2, 0.25) is 0 Å². The molecule has 0 aliphatic heterocycles. The van der Waals surface area contributed by atoms with Gasteiger partial charge < -0.3 is 14.2 Å². The Kier molecular flexibility index (Phi) is 9.64. The van der Waals surface area contributed by atoms with Gasteiger partial charge in [-0.15, -0.1) is 0 Å². The molecule has 3 rings (SSSR count). The summed E-state index contributed by atoms with van der Waals surface area (Å²) in [5.41, 5.74) is 2.99. The number of carbonyl (C=O) groups excluding carboxylic acids is 2. The summed E-state index contributed by atoms with van der Waals surface area (Å²) in [6, 6.07) is 21.4. The molecule has 0 fully saturated rings. The summed E-state index contributed by atoms with van der Waals surface area (Å²) in [4.78, 5) is 26.8. The van der Waals surface area contributed by atoms with Crippen molar-refractivity contribution in [2.24, 2.45) is 0 Å². The number of esters is 2. The summed E-state index contributed by atoms with van der Waals surface area (Å²) in [6.45, 7) is 11.4. The van der Waals surface area contributed by atoms with Gasteiger partial charge >= 0.3 is 11.9 Å². The van der Waals surface area contributed by atoms with Crippen molar-refractivity contribution < 1.29 is 23.8 Å². The van der Waals surface area contributed by atoms with Crippen LogP contribution in [0.4, 0.5) is 5.69 Å². The fraction of sp³-hybridized carbons (Fsp3) is 0.207. The average Bonchev–Trinajstić information content (AvgIpc) is 2.90. The van der Waals surface area contributed by atoms with E-state index in [2.05, 4.69) is 11.4 Å². The number of hydrogen-bond donors (Lipinski definition) is 0. The van der Waals surface area contributed by atoms with Crippen molar-refractivity contribution in [2.45, 2.75) is 25.7 Å². The monoisotopic (exact) mass is 469 g/mol. The summed E-state index contributed by atoms with van der Waals surface area (Å²) in [5, 5.41) is 0. The number of carbonyl (C=O) groups is 2. The Morgan fingerprint density at radius 3 is 1.94 bits per heavy atom. The van der Waals surface area contributed by atoms with E-state index in [-0.39, 0.29) is 5.97 Å². The van der Waals surface area contributed by atoms with Gasteiger partial charge in [0, 0.05) is 6.08 Å². The van der Waals surface area contributed by atoms with Crippen LogP contribution in [0.5, 0.6) is 11.5 Å². The Morgan fingerprint density at radius 1 is 0.771 bits per heavy atom. The molecule has 0 atom stereocenters. The summed E-state index contributed by atoms with van der Waals surface area (Å²) < 4.78 is 16.1. The zero-order valence-electron chi connectivity index (χ0n) is 19.4. The molecule has 0 spiro atoms. The first-order valence-electron chi connectivity index (χ1n) is 11.4. The molecule has 3 aromatic rings. The lowest BCUT2D eigenvalue weighted by atomic mass is 10.1. The highest BCUT2D eigenvalue weighted by molar-refractivity contribution is 5.91. The highest BCUT2D eigenvalue weighted by atomic mass is 16.5. The van der Waals surface area contributed by atoms with Gasteiger partial charge in [-0.1, -0.05) is 43.0 Å². The molecular weight excluding hydrogens is 442 g/mol. The van der Waals surface area contributed by atoms with E-state index in [1.54, 1.807) is 48.5 Å². The van der Waals surface area contributed by atoms with Gasteiger partial charge in [0.25, 0.3) is 0 Å². The van der Waals surface area contributed by atoms with Gasteiger partial charge in [0.15, 0.2) is 5.69 Å². The Morgan fingerprint density at radius 2 is 1.34 bits per heavy atom. The summed E-state index contributed by atoms with van der Waals surface area (Å²) in [6.07, 6.45) is 4.79. The van der Waals surface area contributed by atoms with Crippen LogP contribution in [0.3, 0.4) is 0 Å². The zero-order valence-corrected chi connectivity index (χ0v) is 19.4. The lowest BCUT2D eigenvalue weighted by Crippen LogP contribution is -2.08. The second kappa shape index (κ2) is 13.4. The Balaban J connectivity index is 1.39. The van der Waals surface area contributed by atoms with E-state index in [1.807, 2.05) is 24.3 Å². The Hall–Kier alpha value is -4.37. The smallest absolute Gasteiger partial charge is 0.343 e. The van der Waals surface area contributed by atoms with Gasteiger partial charge in [-0.3, -0.25) is 0 Å². The van der Waals surface area contributed by atoms with Crippen molar-refractivity contribution in [3.8, 4) is 22.6 Å². The molecule has 6 heteroatoms. The van der Waals surface area contributed by atoms with E-state index >= 15 is 0 Å². The number of rotatable bonds is 12. The van der Waals surface area contributed by atoms with Crippen molar-refractivity contribution in [3.05, 3.63) is 102 Å². The highest BCUT2D eigenvalue weighted by Gasteiger charge is 2.09. The normalized spacial score (nSPS) is 10.1. The lowest BCUT2D eigenvalue weighted by Gasteiger charge is -2.08. The number of unbranched alkanes of at least 4 members (excludes halogenated alkanes) is 3. The van der Waals surface area contributed by atoms with Crippen molar-refractivity contribution in [1.29, 1.82) is 0 Å². The van der Waals surface area contributed by atoms with Gasteiger partial charge in [0.05, 0.1) is 25.3 Å². The summed E-state index contributed by atoms with van der Waals surface area (Å²) in [7, 11) is 0. The molecule has 0 aromatic heterocycles. The first-order chi connectivity index (χ1) is 17.1. The third kappa shape index (κ3) is 8.17. The van der Waals surface area contributed by atoms with E-state index in [0.717, 1.165) is 42.9 Å². The third-order valence-electron chi connectivity index (χ3n) is 5.20. The minimum atomic E-state index is -0.442. The molecule has 0 aliphatic rings. The second-order valence-corrected chi connectivity index (χ2v) is 7.73. The van der Waals surface area contributed by atoms with Crippen molar-refractivity contribution in [2.75, 3.05) is 13.2 Å². The van der Waals surface area contributed by atoms with E-state index in [1.165, 1.54) is 0 Å². The van der Waals surface area contributed by atoms with Gasteiger partial charge in [-0.05, 0) is 73.2 Å². The maximum Gasteiger partial charge on any atom is 0.343 e. The average molecular weight is 470 g/mol. The van der Waals surface area contributed by atoms with Crippen LogP contribution in [0.1, 0.15) is 36.0 Å². The third-order valence-corrected chi connectivity index (χ3v) is 5.20. The van der Waals surface area contributed by atoms with Gasteiger partial charge in [0.1, 0.15) is 11.5 Å². The largest absolute Gasteiger partial charge is 0.494 e. The van der Waals surface area contributed by atoms with Crippen LogP contribution < -0.4 is 9.47 Å². The Bertz CT molecular complexity index is 1160. The molecule has 0 N–H and O–H groups in total. The topological polar surface area (TPSA) is 66.2 Å². The molecule has 0 unspecified atom stereocenters. The minimum absolute atomic E-state index is 0.390. The number of hydrogen-bond acceptors (Lipinski definition) is 5. The zero-order chi connectivity index (χ0) is 24.9. The van der Waals surface area contributed by atoms with Crippen LogP contribution >= 0.6 is 0 Å². The molecule has 3 aromatic carbocycles. The molecule has 6 nitrogen and oxygen atoms in total. The predicted molar refractivity (Wildman–Crippen MR) is 135 cm³/mol. The van der Waals surface area contributed by atoms with E-state index < -0.39 is 5.97 Å². The molecule has 0 saturated heterocycles. The molecule has 0 heterocycles. The molecule has 35 heavy (non-hydrogen) atoms. The first kappa shape index (κ1) is 25.3. The Labute approximate surface area is 205 Å². The van der Waals surface area contributed by atoms with Crippen LogP contribution in [0.25, 0.3) is 16.0 Å². The first-order valence-corrected chi connectivity index (χ1v) is 11.4. The quantitative estimate of drug-likeness (QED) is 0.0960. The predicted octanol–water partition coefficient (Wildman–Crippen LogP) is 6.79. The van der Waals surface area contributed by atoms with Crippen LogP contribution in [0.2, 0.25) is 0 Å². The summed E-state index contributed by atoms with van der Waals surface area (Å²) in [5.74, 6) is 0.313. The molecular formula is C29H27NO5. The molecule has 0 bridgehead atoms. The molecule has 0 aliphatic carbocycles. The van der Waals surface area contributed by atoms with Crippen molar-refractivity contribution in [3.63, 3.8) is 0 Å². The van der Waals surface area contributed by atoms with Crippen molar-refractivity contribution >= 4 is 17.6 Å². The van der Waals surface area contributed by atoms with Crippen LogP contribution in [0, 0.1) is 6.57 Å². The maximum absolute atomic E-state index is 12.5. The SMILES string of the molecule is [C-]#[N+]c1ccc(-c2ccc(OC(=O)c3ccc(OCCCCCCOC(=O)C=C)cc3)cc2)cc1. The van der Waals surface area contributed by atoms with Gasteiger partial charge in [-0.25, -0.2) is 14.4 Å².